The Bertz CT molecular complexity index is 618. The number of nitrogens with two attached hydrogens (primary N) is 1. The summed E-state index contributed by atoms with van der Waals surface area (Å²) in [5, 5.41) is 0. The highest BCUT2D eigenvalue weighted by atomic mass is 35.5. The number of hydrogen-bond donors (Lipinski definition) is 1. The first kappa shape index (κ1) is 20.9. The van der Waals surface area contributed by atoms with Crippen molar-refractivity contribution in [2.24, 2.45) is 17.1 Å². The Morgan fingerprint density at radius 3 is 2.27 bits per heavy atom. The third-order valence-corrected chi connectivity index (χ3v) is 5.78. The van der Waals surface area contributed by atoms with Crippen LogP contribution in [0.5, 0.6) is 0 Å². The molecule has 2 saturated heterocycles. The van der Waals surface area contributed by atoms with Gasteiger partial charge in [0.2, 0.25) is 5.91 Å². The van der Waals surface area contributed by atoms with Crippen LogP contribution < -0.4 is 5.73 Å². The monoisotopic (exact) mass is 380 g/mol. The molecule has 2 heterocycles. The molecule has 0 radical (unpaired) electrons. The number of rotatable bonds is 4. The topological polar surface area (TPSA) is 72.6 Å². The fraction of sp³-hybridized carbons (Fsp3) is 0.600. The third-order valence-electron chi connectivity index (χ3n) is 5.78. The van der Waals surface area contributed by atoms with Crippen molar-refractivity contribution in [2.45, 2.75) is 32.6 Å². The summed E-state index contributed by atoms with van der Waals surface area (Å²) in [6.07, 6.45) is 2.86. The molecule has 1 amide bonds. The van der Waals surface area contributed by atoms with Gasteiger partial charge in [0, 0.05) is 44.3 Å². The summed E-state index contributed by atoms with van der Waals surface area (Å²) in [6, 6.07) is 7.76. The summed E-state index contributed by atoms with van der Waals surface area (Å²) in [7, 11) is 0. The zero-order valence-corrected chi connectivity index (χ0v) is 16.2. The highest BCUT2D eigenvalue weighted by Gasteiger charge is 2.42. The number of likely N-dealkylation sites (tertiary alicyclic amines) is 1. The fourth-order valence-electron chi connectivity index (χ4n) is 3.90. The Morgan fingerprint density at radius 2 is 1.73 bits per heavy atom. The predicted molar refractivity (Wildman–Crippen MR) is 104 cm³/mol. The lowest BCUT2D eigenvalue weighted by atomic mass is 9.78. The first-order valence-corrected chi connectivity index (χ1v) is 9.24. The first-order chi connectivity index (χ1) is 12.1. The van der Waals surface area contributed by atoms with E-state index in [4.69, 9.17) is 10.5 Å². The average molecular weight is 381 g/mol. The molecule has 0 atom stereocenters. The number of carbonyl (C=O) groups excluding carboxylic acids is 2. The molecule has 144 valence electrons. The fourth-order valence-corrected chi connectivity index (χ4v) is 3.90. The van der Waals surface area contributed by atoms with E-state index in [1.165, 1.54) is 0 Å². The van der Waals surface area contributed by atoms with Gasteiger partial charge in [0.1, 0.15) is 0 Å². The first-order valence-electron chi connectivity index (χ1n) is 9.24. The van der Waals surface area contributed by atoms with E-state index in [9.17, 15) is 9.59 Å². The van der Waals surface area contributed by atoms with Crippen LogP contribution in [-0.4, -0.2) is 49.4 Å². The zero-order chi connectivity index (χ0) is 17.9. The summed E-state index contributed by atoms with van der Waals surface area (Å²) in [5.41, 5.74) is 7.42. The van der Waals surface area contributed by atoms with Gasteiger partial charge in [-0.25, -0.2) is 0 Å². The molecule has 5 nitrogen and oxygen atoms in total. The van der Waals surface area contributed by atoms with E-state index in [1.54, 1.807) is 0 Å². The molecular formula is C20H29ClN2O3. The van der Waals surface area contributed by atoms with Gasteiger partial charge in [-0.05, 0) is 32.6 Å². The molecule has 1 aromatic carbocycles. The molecule has 3 rings (SSSR count). The molecule has 0 saturated carbocycles. The normalized spacial score (nSPS) is 20.3. The highest BCUT2D eigenvalue weighted by Crippen LogP contribution is 2.33. The van der Waals surface area contributed by atoms with Gasteiger partial charge >= 0.3 is 0 Å². The van der Waals surface area contributed by atoms with Crippen molar-refractivity contribution in [3.05, 3.63) is 35.4 Å². The number of ether oxygens (including phenoxy) is 1. The lowest BCUT2D eigenvalue weighted by Crippen LogP contribution is -2.53. The summed E-state index contributed by atoms with van der Waals surface area (Å²) in [5.74, 6) is 0.363. The Hall–Kier alpha value is -1.43. The Kier molecular flexibility index (Phi) is 7.21. The van der Waals surface area contributed by atoms with Crippen molar-refractivity contribution in [1.29, 1.82) is 0 Å². The molecule has 6 heteroatoms. The van der Waals surface area contributed by atoms with Gasteiger partial charge in [0.15, 0.2) is 5.78 Å². The lowest BCUT2D eigenvalue weighted by Gasteiger charge is -2.41. The van der Waals surface area contributed by atoms with Gasteiger partial charge in [-0.3, -0.25) is 9.59 Å². The zero-order valence-electron chi connectivity index (χ0n) is 15.4. The van der Waals surface area contributed by atoms with Gasteiger partial charge in [0.05, 0.1) is 5.41 Å². The van der Waals surface area contributed by atoms with Crippen molar-refractivity contribution in [3.8, 4) is 0 Å². The lowest BCUT2D eigenvalue weighted by molar-refractivity contribution is -0.148. The maximum Gasteiger partial charge on any atom is 0.230 e. The minimum Gasteiger partial charge on any atom is -0.381 e. The minimum absolute atomic E-state index is 0. The van der Waals surface area contributed by atoms with Gasteiger partial charge in [-0.2, -0.15) is 0 Å². The molecule has 2 fully saturated rings. The van der Waals surface area contributed by atoms with Crippen LogP contribution >= 0.6 is 12.4 Å². The largest absolute Gasteiger partial charge is 0.381 e. The smallest absolute Gasteiger partial charge is 0.230 e. The highest BCUT2D eigenvalue weighted by molar-refractivity contribution is 5.98. The van der Waals surface area contributed by atoms with Crippen LogP contribution in [-0.2, 0) is 9.53 Å². The van der Waals surface area contributed by atoms with Gasteiger partial charge in [-0.1, -0.05) is 29.8 Å². The van der Waals surface area contributed by atoms with Crippen LogP contribution in [0.25, 0.3) is 0 Å². The molecule has 0 unspecified atom stereocenters. The van der Waals surface area contributed by atoms with Gasteiger partial charge in [-0.15, -0.1) is 12.4 Å². The van der Waals surface area contributed by atoms with Crippen molar-refractivity contribution in [1.82, 2.24) is 4.90 Å². The van der Waals surface area contributed by atoms with Crippen molar-refractivity contribution < 1.29 is 14.3 Å². The number of nitrogens with zero attached hydrogens (tertiary/aromatic N) is 1. The van der Waals surface area contributed by atoms with E-state index in [0.29, 0.717) is 45.7 Å². The van der Waals surface area contributed by atoms with Crippen molar-refractivity contribution in [2.75, 3.05) is 32.8 Å². The molecular weight excluding hydrogens is 352 g/mol. The second-order valence-corrected chi connectivity index (χ2v) is 7.39. The van der Waals surface area contributed by atoms with E-state index in [-0.39, 0.29) is 30.0 Å². The van der Waals surface area contributed by atoms with E-state index in [0.717, 1.165) is 24.0 Å². The number of Topliss-reactive ketones (excluding diaryl/α,β-unsaturated/α-hetero) is 1. The minimum atomic E-state index is -0.466. The second kappa shape index (κ2) is 8.98. The average Bonchev–Trinajstić information content (AvgIpc) is 2.68. The van der Waals surface area contributed by atoms with Crippen molar-refractivity contribution >= 4 is 24.1 Å². The summed E-state index contributed by atoms with van der Waals surface area (Å²) in [4.78, 5) is 27.6. The molecule has 2 N–H and O–H groups in total. The molecule has 26 heavy (non-hydrogen) atoms. The number of benzene rings is 1. The van der Waals surface area contributed by atoms with E-state index >= 15 is 0 Å². The SMILES string of the molecule is Cc1ccc(C(=O)C2CCN(C(=O)C3(CN)CCOCC3)CC2)cc1.Cl. The number of ketones is 1. The van der Waals surface area contributed by atoms with Gasteiger partial charge < -0.3 is 15.4 Å². The van der Waals surface area contributed by atoms with E-state index in [1.807, 2.05) is 36.1 Å². The molecule has 2 aliphatic rings. The van der Waals surface area contributed by atoms with Crippen LogP contribution in [0.4, 0.5) is 0 Å². The summed E-state index contributed by atoms with van der Waals surface area (Å²) >= 11 is 0. The maximum absolute atomic E-state index is 13.0. The number of hydrogen-bond acceptors (Lipinski definition) is 4. The van der Waals surface area contributed by atoms with Crippen LogP contribution in [0.1, 0.15) is 41.6 Å². The molecule has 0 spiro atoms. The second-order valence-electron chi connectivity index (χ2n) is 7.39. The standard InChI is InChI=1S/C20H28N2O3.ClH/c1-15-2-4-16(5-3-15)18(23)17-6-10-22(11-7-17)19(24)20(14-21)8-12-25-13-9-20;/h2-5,17H,6-14,21H2,1H3;1H. The number of halogens is 1. The number of amides is 1. The maximum atomic E-state index is 13.0. The third kappa shape index (κ3) is 4.27. The van der Waals surface area contributed by atoms with E-state index < -0.39 is 5.41 Å². The molecule has 0 bridgehead atoms. The van der Waals surface area contributed by atoms with Crippen LogP contribution in [0.3, 0.4) is 0 Å². The molecule has 0 aromatic heterocycles. The van der Waals surface area contributed by atoms with Crippen LogP contribution in [0, 0.1) is 18.3 Å². The van der Waals surface area contributed by atoms with Crippen LogP contribution in [0.2, 0.25) is 0 Å². The molecule has 1 aromatic rings. The number of aryl methyl sites for hydroxylation is 1. The van der Waals surface area contributed by atoms with E-state index in [2.05, 4.69) is 0 Å². The number of piperidine rings is 1. The quantitative estimate of drug-likeness (QED) is 0.815. The Labute approximate surface area is 161 Å². The Balaban J connectivity index is 0.00000243. The predicted octanol–water partition coefficient (Wildman–Crippen LogP) is 2.59. The van der Waals surface area contributed by atoms with Crippen molar-refractivity contribution in [3.63, 3.8) is 0 Å². The Morgan fingerprint density at radius 1 is 1.15 bits per heavy atom. The molecule has 2 aliphatic heterocycles. The van der Waals surface area contributed by atoms with Crippen LogP contribution in [0.15, 0.2) is 24.3 Å². The summed E-state index contributed by atoms with van der Waals surface area (Å²) in [6.45, 7) is 4.88. The summed E-state index contributed by atoms with van der Waals surface area (Å²) < 4.78 is 5.40. The molecule has 0 aliphatic carbocycles. The number of carbonyl (C=O) groups is 2. The van der Waals surface area contributed by atoms with Gasteiger partial charge in [0.25, 0.3) is 0 Å².